The molecule has 1 aliphatic heterocycles. The molecule has 18 heavy (non-hydrogen) atoms. The molecule has 0 radical (unpaired) electrons. The Kier molecular flexibility index (Phi) is 3.36. The number of benzene rings is 1. The van der Waals surface area contributed by atoms with Gasteiger partial charge < -0.3 is 4.74 Å². The molecule has 2 unspecified atom stereocenters. The molecule has 0 bridgehead atoms. The summed E-state index contributed by atoms with van der Waals surface area (Å²) in [7, 11) is -1.17. The molecule has 2 atom stereocenters. The van der Waals surface area contributed by atoms with E-state index in [2.05, 4.69) is 0 Å². The molecule has 1 aliphatic rings. The minimum Gasteiger partial charge on any atom is -0.368 e. The first kappa shape index (κ1) is 13.7. The van der Waals surface area contributed by atoms with Gasteiger partial charge in [0.05, 0.1) is 27.3 Å². The van der Waals surface area contributed by atoms with Crippen LogP contribution in [0.5, 0.6) is 0 Å². The van der Waals surface area contributed by atoms with Gasteiger partial charge in [0.1, 0.15) is 5.82 Å². The fraction of sp³-hybridized carbons (Fsp3) is 0.571. The first-order valence-corrected chi connectivity index (χ1v) is 7.29. The summed E-state index contributed by atoms with van der Waals surface area (Å²) in [4.78, 5) is 0.663. The predicted molar refractivity (Wildman–Crippen MR) is 70.5 cm³/mol. The van der Waals surface area contributed by atoms with Crippen LogP contribution in [0.25, 0.3) is 0 Å². The first-order valence-electron chi connectivity index (χ1n) is 6.08. The third-order valence-electron chi connectivity index (χ3n) is 3.30. The molecule has 0 aliphatic carbocycles. The monoisotopic (exact) mass is 270 g/mol. The smallest absolute Gasteiger partial charge is 0.123 e. The van der Waals surface area contributed by atoms with Gasteiger partial charge in [-0.25, -0.2) is 4.39 Å². The van der Waals surface area contributed by atoms with Crippen molar-refractivity contribution in [1.82, 2.24) is 0 Å². The van der Waals surface area contributed by atoms with Crippen LogP contribution >= 0.6 is 0 Å². The van der Waals surface area contributed by atoms with Crippen LogP contribution in [0, 0.1) is 5.82 Å². The van der Waals surface area contributed by atoms with E-state index >= 15 is 0 Å². The molecule has 100 valence electrons. The van der Waals surface area contributed by atoms with Crippen LogP contribution in [-0.2, 0) is 15.5 Å². The van der Waals surface area contributed by atoms with Gasteiger partial charge in [-0.2, -0.15) is 0 Å². The lowest BCUT2D eigenvalue weighted by molar-refractivity contribution is -0.0633. The molecule has 4 heteroatoms. The van der Waals surface area contributed by atoms with Gasteiger partial charge in [-0.05, 0) is 58.4 Å². The molecule has 1 saturated heterocycles. The number of ether oxygens (including phenoxy) is 1. The Bertz CT molecular complexity index is 465. The van der Waals surface area contributed by atoms with Crippen molar-refractivity contribution in [2.75, 3.05) is 0 Å². The van der Waals surface area contributed by atoms with Gasteiger partial charge in [0.25, 0.3) is 0 Å². The zero-order chi connectivity index (χ0) is 13.6. The van der Waals surface area contributed by atoms with Gasteiger partial charge in [-0.1, -0.05) is 0 Å². The molecule has 0 aromatic heterocycles. The fourth-order valence-electron chi connectivity index (χ4n) is 2.58. The van der Waals surface area contributed by atoms with Gasteiger partial charge in [-0.15, -0.1) is 0 Å². The van der Waals surface area contributed by atoms with Crippen molar-refractivity contribution in [2.24, 2.45) is 0 Å². The lowest BCUT2D eigenvalue weighted by atomic mass is 10.0. The summed E-state index contributed by atoms with van der Waals surface area (Å²) in [5, 5.41) is -0.0713. The predicted octanol–water partition coefficient (Wildman–Crippen LogP) is 3.28. The Morgan fingerprint density at radius 3 is 2.22 bits per heavy atom. The Balaban J connectivity index is 2.27. The lowest BCUT2D eigenvalue weighted by Gasteiger charge is -2.26. The molecule has 0 amide bonds. The molecule has 2 rings (SSSR count). The summed E-state index contributed by atoms with van der Waals surface area (Å²) in [6, 6.07) is 5.88. The molecular weight excluding hydrogens is 251 g/mol. The molecule has 1 fully saturated rings. The van der Waals surface area contributed by atoms with Crippen molar-refractivity contribution in [3.63, 3.8) is 0 Å². The molecular formula is C14H19FO2S. The van der Waals surface area contributed by atoms with E-state index in [9.17, 15) is 8.60 Å². The molecule has 1 aromatic rings. The minimum absolute atomic E-state index is 0.0713. The number of hydrogen-bond donors (Lipinski definition) is 0. The Hall–Kier alpha value is -0.740. The second-order valence-corrected chi connectivity index (χ2v) is 7.54. The molecule has 2 nitrogen and oxygen atoms in total. The standard InChI is InChI=1S/C14H19FO2S/c1-13(2)9-12(14(3,4)17-13)18(16)11-7-5-10(15)6-8-11/h5-8,12H,9H2,1-4H3. The highest BCUT2D eigenvalue weighted by Crippen LogP contribution is 2.41. The van der Waals surface area contributed by atoms with E-state index in [4.69, 9.17) is 4.74 Å². The van der Waals surface area contributed by atoms with E-state index in [0.29, 0.717) is 4.90 Å². The summed E-state index contributed by atoms with van der Waals surface area (Å²) >= 11 is 0. The van der Waals surface area contributed by atoms with E-state index in [-0.39, 0.29) is 16.7 Å². The van der Waals surface area contributed by atoms with E-state index in [1.54, 1.807) is 12.1 Å². The fourth-order valence-corrected chi connectivity index (χ4v) is 4.43. The molecule has 0 spiro atoms. The highest BCUT2D eigenvalue weighted by molar-refractivity contribution is 7.85. The van der Waals surface area contributed by atoms with Crippen LogP contribution < -0.4 is 0 Å². The third-order valence-corrected chi connectivity index (χ3v) is 5.28. The van der Waals surface area contributed by atoms with Crippen molar-refractivity contribution < 1.29 is 13.3 Å². The van der Waals surface area contributed by atoms with E-state index in [1.807, 2.05) is 27.7 Å². The second kappa shape index (κ2) is 4.42. The van der Waals surface area contributed by atoms with E-state index in [0.717, 1.165) is 6.42 Å². The van der Waals surface area contributed by atoms with Crippen molar-refractivity contribution >= 4 is 10.8 Å². The van der Waals surface area contributed by atoms with Crippen LogP contribution in [0.15, 0.2) is 29.2 Å². The van der Waals surface area contributed by atoms with Crippen LogP contribution in [0.3, 0.4) is 0 Å². The third kappa shape index (κ3) is 2.64. The number of hydrogen-bond acceptors (Lipinski definition) is 2. The summed E-state index contributed by atoms with van der Waals surface area (Å²) in [6.07, 6.45) is 0.740. The van der Waals surface area contributed by atoms with Crippen LogP contribution in [0.4, 0.5) is 4.39 Å². The molecule has 1 heterocycles. The van der Waals surface area contributed by atoms with E-state index in [1.165, 1.54) is 12.1 Å². The van der Waals surface area contributed by atoms with Crippen molar-refractivity contribution in [3.8, 4) is 0 Å². The molecule has 0 N–H and O–H groups in total. The van der Waals surface area contributed by atoms with E-state index < -0.39 is 16.4 Å². The maximum Gasteiger partial charge on any atom is 0.123 e. The SMILES string of the molecule is CC1(C)CC(S(=O)c2ccc(F)cc2)C(C)(C)O1. The van der Waals surface area contributed by atoms with Crippen molar-refractivity contribution in [3.05, 3.63) is 30.1 Å². The molecule has 0 saturated carbocycles. The van der Waals surface area contributed by atoms with Crippen LogP contribution in [0.1, 0.15) is 34.1 Å². The average Bonchev–Trinajstić information content (AvgIpc) is 2.47. The lowest BCUT2D eigenvalue weighted by Crippen LogP contribution is -2.35. The Morgan fingerprint density at radius 1 is 1.22 bits per heavy atom. The topological polar surface area (TPSA) is 26.3 Å². The summed E-state index contributed by atoms with van der Waals surface area (Å²) < 4.78 is 31.4. The van der Waals surface area contributed by atoms with Crippen LogP contribution in [0.2, 0.25) is 0 Å². The second-order valence-electron chi connectivity index (χ2n) is 5.91. The van der Waals surface area contributed by atoms with Crippen molar-refractivity contribution in [2.45, 2.75) is 55.5 Å². The average molecular weight is 270 g/mol. The van der Waals surface area contributed by atoms with Gasteiger partial charge >= 0.3 is 0 Å². The summed E-state index contributed by atoms with van der Waals surface area (Å²) in [5.74, 6) is -0.307. The normalized spacial score (nSPS) is 27.1. The minimum atomic E-state index is -1.17. The quantitative estimate of drug-likeness (QED) is 0.824. The van der Waals surface area contributed by atoms with Gasteiger partial charge in [0.15, 0.2) is 0 Å². The number of halogens is 1. The van der Waals surface area contributed by atoms with Gasteiger partial charge in [0.2, 0.25) is 0 Å². The molecule has 1 aromatic carbocycles. The van der Waals surface area contributed by atoms with Crippen molar-refractivity contribution in [1.29, 1.82) is 0 Å². The number of rotatable bonds is 2. The Morgan fingerprint density at radius 2 is 1.78 bits per heavy atom. The highest BCUT2D eigenvalue weighted by Gasteiger charge is 2.48. The van der Waals surface area contributed by atoms with Gasteiger partial charge in [-0.3, -0.25) is 4.21 Å². The van der Waals surface area contributed by atoms with Crippen LogP contribution in [-0.4, -0.2) is 20.7 Å². The highest BCUT2D eigenvalue weighted by atomic mass is 32.2. The Labute approximate surface area is 110 Å². The summed E-state index contributed by atoms with van der Waals surface area (Å²) in [6.45, 7) is 7.95. The first-order chi connectivity index (χ1) is 8.21. The maximum atomic E-state index is 12.9. The van der Waals surface area contributed by atoms with Gasteiger partial charge in [0, 0.05) is 4.90 Å². The maximum absolute atomic E-state index is 12.9. The summed E-state index contributed by atoms with van der Waals surface area (Å²) in [5.41, 5.74) is -0.688. The largest absolute Gasteiger partial charge is 0.368 e. The zero-order valence-corrected chi connectivity index (χ0v) is 12.0. The zero-order valence-electron chi connectivity index (χ0n) is 11.2.